The Morgan fingerprint density at radius 3 is 2.59 bits per heavy atom. The van der Waals surface area contributed by atoms with Gasteiger partial charge in [0.05, 0.1) is 0 Å². The summed E-state index contributed by atoms with van der Waals surface area (Å²) < 4.78 is 0. The zero-order chi connectivity index (χ0) is 12.3. The van der Waals surface area contributed by atoms with Crippen molar-refractivity contribution in [2.45, 2.75) is 20.3 Å². The van der Waals surface area contributed by atoms with Crippen molar-refractivity contribution in [1.82, 2.24) is 4.98 Å². The van der Waals surface area contributed by atoms with E-state index in [-0.39, 0.29) is 0 Å². The zero-order valence-corrected chi connectivity index (χ0v) is 10.9. The van der Waals surface area contributed by atoms with E-state index in [1.165, 1.54) is 5.56 Å². The summed E-state index contributed by atoms with van der Waals surface area (Å²) in [5.41, 5.74) is 3.44. The van der Waals surface area contributed by atoms with Crippen LogP contribution in [0.5, 0.6) is 0 Å². The van der Waals surface area contributed by atoms with Crippen molar-refractivity contribution < 1.29 is 0 Å². The minimum absolute atomic E-state index is 0.622. The molecule has 0 unspecified atom stereocenters. The molecule has 0 radical (unpaired) electrons. The fraction of sp³-hybridized carbons (Fsp3) is 0.267. The minimum Gasteiger partial charge on any atom is -0.264 e. The summed E-state index contributed by atoms with van der Waals surface area (Å²) in [6, 6.07) is 10.2. The number of aromatic nitrogens is 1. The Morgan fingerprint density at radius 2 is 2.00 bits per heavy atom. The average Bonchev–Trinajstić information content (AvgIpc) is 2.32. The Labute approximate surface area is 107 Å². The standard InChI is InChI=1S/C15H16ClN/c1-11(2)8-13-6-5-12(9-15(13)16)14-4-3-7-17-10-14/h3-7,9-11H,8H2,1-2H3. The van der Waals surface area contributed by atoms with Crippen molar-refractivity contribution in [3.63, 3.8) is 0 Å². The second-order valence-corrected chi connectivity index (χ2v) is 5.05. The Bertz CT molecular complexity index is 492. The van der Waals surface area contributed by atoms with Gasteiger partial charge in [-0.3, -0.25) is 4.98 Å². The van der Waals surface area contributed by atoms with Gasteiger partial charge in [-0.2, -0.15) is 0 Å². The Kier molecular flexibility index (Phi) is 3.80. The highest BCUT2D eigenvalue weighted by Crippen LogP contribution is 2.26. The molecule has 0 N–H and O–H groups in total. The van der Waals surface area contributed by atoms with E-state index in [1.54, 1.807) is 6.20 Å². The molecule has 0 spiro atoms. The molecule has 88 valence electrons. The molecule has 1 nitrogen and oxygen atoms in total. The third kappa shape index (κ3) is 3.07. The average molecular weight is 246 g/mol. The van der Waals surface area contributed by atoms with Crippen LogP contribution in [0.25, 0.3) is 11.1 Å². The summed E-state index contributed by atoms with van der Waals surface area (Å²) in [5, 5.41) is 0.847. The number of halogens is 1. The van der Waals surface area contributed by atoms with Gasteiger partial charge in [-0.05, 0) is 35.6 Å². The third-order valence-corrected chi connectivity index (χ3v) is 3.03. The molecule has 0 fully saturated rings. The molecule has 0 aliphatic rings. The van der Waals surface area contributed by atoms with Crippen LogP contribution in [0.15, 0.2) is 42.7 Å². The molecule has 0 aliphatic heterocycles. The topological polar surface area (TPSA) is 12.9 Å². The monoisotopic (exact) mass is 245 g/mol. The van der Waals surface area contributed by atoms with Gasteiger partial charge in [0.25, 0.3) is 0 Å². The highest BCUT2D eigenvalue weighted by Gasteiger charge is 2.05. The molecule has 0 saturated heterocycles. The molecule has 2 rings (SSSR count). The fourth-order valence-electron chi connectivity index (χ4n) is 1.87. The first-order valence-electron chi connectivity index (χ1n) is 5.85. The Hall–Kier alpha value is -1.34. The predicted molar refractivity (Wildman–Crippen MR) is 73.2 cm³/mol. The number of benzene rings is 1. The number of nitrogens with zero attached hydrogens (tertiary/aromatic N) is 1. The van der Waals surface area contributed by atoms with E-state index in [9.17, 15) is 0 Å². The summed E-state index contributed by atoms with van der Waals surface area (Å²) in [6.07, 6.45) is 4.65. The van der Waals surface area contributed by atoms with E-state index < -0.39 is 0 Å². The van der Waals surface area contributed by atoms with Gasteiger partial charge in [-0.25, -0.2) is 0 Å². The summed E-state index contributed by atoms with van der Waals surface area (Å²) in [7, 11) is 0. The molecule has 0 aliphatic carbocycles. The molecule has 17 heavy (non-hydrogen) atoms. The maximum absolute atomic E-state index is 6.30. The lowest BCUT2D eigenvalue weighted by Crippen LogP contribution is -1.95. The second-order valence-electron chi connectivity index (χ2n) is 4.65. The maximum atomic E-state index is 6.30. The van der Waals surface area contributed by atoms with Crippen LogP contribution in [0.1, 0.15) is 19.4 Å². The van der Waals surface area contributed by atoms with Gasteiger partial charge in [0.1, 0.15) is 0 Å². The van der Waals surface area contributed by atoms with Crippen molar-refractivity contribution in [1.29, 1.82) is 0 Å². The van der Waals surface area contributed by atoms with Crippen LogP contribution >= 0.6 is 11.6 Å². The molecule has 1 aromatic heterocycles. The highest BCUT2D eigenvalue weighted by molar-refractivity contribution is 6.31. The van der Waals surface area contributed by atoms with Crippen molar-refractivity contribution in [2.24, 2.45) is 5.92 Å². The fourth-order valence-corrected chi connectivity index (χ4v) is 2.12. The number of pyridine rings is 1. The summed E-state index contributed by atoms with van der Waals surface area (Å²) >= 11 is 6.30. The van der Waals surface area contributed by atoms with Crippen LogP contribution < -0.4 is 0 Å². The summed E-state index contributed by atoms with van der Waals surface area (Å²) in [5.74, 6) is 0.622. The van der Waals surface area contributed by atoms with Crippen molar-refractivity contribution in [2.75, 3.05) is 0 Å². The molecule has 2 aromatic rings. The van der Waals surface area contributed by atoms with Crippen LogP contribution in [-0.2, 0) is 6.42 Å². The first kappa shape index (κ1) is 12.1. The van der Waals surface area contributed by atoms with Gasteiger partial charge in [0, 0.05) is 23.0 Å². The molecule has 0 amide bonds. The van der Waals surface area contributed by atoms with Gasteiger partial charge in [-0.1, -0.05) is 43.6 Å². The Balaban J connectivity index is 2.31. The number of hydrogen-bond donors (Lipinski definition) is 0. The summed E-state index contributed by atoms with van der Waals surface area (Å²) in [6.45, 7) is 4.40. The highest BCUT2D eigenvalue weighted by atomic mass is 35.5. The van der Waals surface area contributed by atoms with E-state index in [4.69, 9.17) is 11.6 Å². The maximum Gasteiger partial charge on any atom is 0.0444 e. The van der Waals surface area contributed by atoms with Crippen LogP contribution in [-0.4, -0.2) is 4.98 Å². The molecule has 1 heterocycles. The van der Waals surface area contributed by atoms with Crippen molar-refractivity contribution in [3.05, 3.63) is 53.3 Å². The van der Waals surface area contributed by atoms with E-state index in [1.807, 2.05) is 24.4 Å². The van der Waals surface area contributed by atoms with Gasteiger partial charge >= 0.3 is 0 Å². The molecule has 0 saturated carbocycles. The van der Waals surface area contributed by atoms with Gasteiger partial charge in [-0.15, -0.1) is 0 Å². The first-order valence-corrected chi connectivity index (χ1v) is 6.23. The van der Waals surface area contributed by atoms with Crippen LogP contribution in [0.3, 0.4) is 0 Å². The molecule has 0 atom stereocenters. The SMILES string of the molecule is CC(C)Cc1ccc(-c2cccnc2)cc1Cl. The lowest BCUT2D eigenvalue weighted by Gasteiger charge is -2.09. The van der Waals surface area contributed by atoms with Gasteiger partial charge in [0.2, 0.25) is 0 Å². The molecular weight excluding hydrogens is 230 g/mol. The van der Waals surface area contributed by atoms with Crippen molar-refractivity contribution >= 4 is 11.6 Å². The molecule has 2 heteroatoms. The van der Waals surface area contributed by atoms with E-state index in [2.05, 4.69) is 31.0 Å². The molecule has 0 bridgehead atoms. The third-order valence-electron chi connectivity index (χ3n) is 2.68. The number of rotatable bonds is 3. The summed E-state index contributed by atoms with van der Waals surface area (Å²) in [4.78, 5) is 4.12. The predicted octanol–water partition coefficient (Wildman–Crippen LogP) is 4.60. The minimum atomic E-state index is 0.622. The second kappa shape index (κ2) is 5.33. The lowest BCUT2D eigenvalue weighted by molar-refractivity contribution is 0.647. The van der Waals surface area contributed by atoms with E-state index in [0.29, 0.717) is 5.92 Å². The molecular formula is C15H16ClN. The van der Waals surface area contributed by atoms with Crippen molar-refractivity contribution in [3.8, 4) is 11.1 Å². The lowest BCUT2D eigenvalue weighted by atomic mass is 10.00. The van der Waals surface area contributed by atoms with Gasteiger partial charge < -0.3 is 0 Å². The molecule has 1 aromatic carbocycles. The van der Waals surface area contributed by atoms with Crippen LogP contribution in [0, 0.1) is 5.92 Å². The van der Waals surface area contributed by atoms with Crippen LogP contribution in [0.4, 0.5) is 0 Å². The largest absolute Gasteiger partial charge is 0.264 e. The normalized spacial score (nSPS) is 10.8. The zero-order valence-electron chi connectivity index (χ0n) is 10.2. The Morgan fingerprint density at radius 1 is 1.18 bits per heavy atom. The number of hydrogen-bond acceptors (Lipinski definition) is 1. The van der Waals surface area contributed by atoms with Crippen LogP contribution in [0.2, 0.25) is 5.02 Å². The quantitative estimate of drug-likeness (QED) is 0.770. The van der Waals surface area contributed by atoms with E-state index >= 15 is 0 Å². The van der Waals surface area contributed by atoms with E-state index in [0.717, 1.165) is 22.6 Å². The first-order chi connectivity index (χ1) is 8.16. The van der Waals surface area contributed by atoms with Gasteiger partial charge in [0.15, 0.2) is 0 Å². The smallest absolute Gasteiger partial charge is 0.0444 e.